The molecule has 6 atom stereocenters. The number of nitrogens with two attached hydrogens (primary N) is 1. The smallest absolute Gasteiger partial charge is 0.325 e. The van der Waals surface area contributed by atoms with Gasteiger partial charge in [-0.25, -0.2) is 0 Å². The highest BCUT2D eigenvalue weighted by Gasteiger charge is 2.33. The van der Waals surface area contributed by atoms with Crippen LogP contribution in [0.3, 0.4) is 0 Å². The standard InChI is InChI=1S/C14H26N4O7/c1-5(15)11(21)17-10(8(4)20)13(23)18-9(7(3)19)12(22)16-6(2)14(24)25/h5-10,19-20H,15H2,1-4H3,(H,16,22)(H,17,21)(H,18,23)(H,24,25). The average molecular weight is 362 g/mol. The van der Waals surface area contributed by atoms with Gasteiger partial charge in [0.2, 0.25) is 17.7 Å². The third-order valence-electron chi connectivity index (χ3n) is 3.27. The molecule has 25 heavy (non-hydrogen) atoms. The van der Waals surface area contributed by atoms with Crippen molar-refractivity contribution in [3.63, 3.8) is 0 Å². The Morgan fingerprint density at radius 3 is 1.44 bits per heavy atom. The summed E-state index contributed by atoms with van der Waals surface area (Å²) in [5, 5.41) is 34.6. The van der Waals surface area contributed by atoms with Crippen LogP contribution in [-0.4, -0.2) is 75.4 Å². The molecule has 8 N–H and O–H groups in total. The highest BCUT2D eigenvalue weighted by molar-refractivity contribution is 5.94. The van der Waals surface area contributed by atoms with Crippen molar-refractivity contribution in [2.24, 2.45) is 5.73 Å². The number of hydrogen-bond acceptors (Lipinski definition) is 7. The van der Waals surface area contributed by atoms with E-state index in [0.717, 1.165) is 0 Å². The van der Waals surface area contributed by atoms with Gasteiger partial charge in [-0.3, -0.25) is 19.2 Å². The van der Waals surface area contributed by atoms with Gasteiger partial charge < -0.3 is 37.0 Å². The molecule has 11 nitrogen and oxygen atoms in total. The van der Waals surface area contributed by atoms with Crippen LogP contribution in [0.2, 0.25) is 0 Å². The maximum atomic E-state index is 12.2. The lowest BCUT2D eigenvalue weighted by Gasteiger charge is -2.26. The summed E-state index contributed by atoms with van der Waals surface area (Å²) in [5.74, 6) is -3.86. The molecule has 0 fully saturated rings. The van der Waals surface area contributed by atoms with Crippen LogP contribution in [-0.2, 0) is 19.2 Å². The fourth-order valence-electron chi connectivity index (χ4n) is 1.70. The predicted molar refractivity (Wildman–Crippen MR) is 86.1 cm³/mol. The maximum absolute atomic E-state index is 12.2. The molecular formula is C14H26N4O7. The van der Waals surface area contributed by atoms with Crippen LogP contribution in [0.5, 0.6) is 0 Å². The van der Waals surface area contributed by atoms with Crippen LogP contribution in [0.15, 0.2) is 0 Å². The van der Waals surface area contributed by atoms with Gasteiger partial charge in [0.05, 0.1) is 18.2 Å². The lowest BCUT2D eigenvalue weighted by Crippen LogP contribution is -2.61. The first-order valence-electron chi connectivity index (χ1n) is 7.64. The van der Waals surface area contributed by atoms with Gasteiger partial charge in [0, 0.05) is 0 Å². The predicted octanol–water partition coefficient (Wildman–Crippen LogP) is -3.35. The Balaban J connectivity index is 5.14. The van der Waals surface area contributed by atoms with Crippen molar-refractivity contribution in [2.75, 3.05) is 0 Å². The molecular weight excluding hydrogens is 336 g/mol. The summed E-state index contributed by atoms with van der Waals surface area (Å²) in [4.78, 5) is 46.7. The highest BCUT2D eigenvalue weighted by Crippen LogP contribution is 2.00. The second-order valence-electron chi connectivity index (χ2n) is 5.81. The summed E-state index contributed by atoms with van der Waals surface area (Å²) in [6, 6.07) is -5.07. The van der Waals surface area contributed by atoms with Gasteiger partial charge >= 0.3 is 5.97 Å². The quantitative estimate of drug-likeness (QED) is 0.221. The van der Waals surface area contributed by atoms with Crippen LogP contribution >= 0.6 is 0 Å². The van der Waals surface area contributed by atoms with Gasteiger partial charge in [0.1, 0.15) is 18.1 Å². The Morgan fingerprint density at radius 2 is 1.12 bits per heavy atom. The molecule has 0 saturated carbocycles. The fraction of sp³-hybridized carbons (Fsp3) is 0.714. The summed E-state index contributed by atoms with van der Waals surface area (Å²) in [6.45, 7) is 5.05. The van der Waals surface area contributed by atoms with E-state index in [4.69, 9.17) is 10.8 Å². The second kappa shape index (κ2) is 9.91. The third kappa shape index (κ3) is 7.45. The molecule has 0 saturated heterocycles. The van der Waals surface area contributed by atoms with Gasteiger partial charge in [-0.05, 0) is 27.7 Å². The Labute approximate surface area is 145 Å². The lowest BCUT2D eigenvalue weighted by molar-refractivity contribution is -0.142. The van der Waals surface area contributed by atoms with Gasteiger partial charge in [-0.1, -0.05) is 0 Å². The zero-order valence-electron chi connectivity index (χ0n) is 14.5. The number of amides is 3. The van der Waals surface area contributed by atoms with Crippen LogP contribution in [0, 0.1) is 0 Å². The molecule has 0 aromatic rings. The topological polar surface area (TPSA) is 191 Å². The zero-order valence-corrected chi connectivity index (χ0v) is 14.5. The average Bonchev–Trinajstić information content (AvgIpc) is 2.48. The molecule has 0 heterocycles. The van der Waals surface area contributed by atoms with Crippen molar-refractivity contribution in [1.29, 1.82) is 0 Å². The normalized spacial score (nSPS) is 18.0. The number of carbonyl (C=O) groups is 4. The number of carbonyl (C=O) groups excluding carboxylic acids is 3. The largest absolute Gasteiger partial charge is 0.480 e. The molecule has 0 radical (unpaired) electrons. The molecule has 0 rings (SSSR count). The molecule has 0 aromatic heterocycles. The molecule has 144 valence electrons. The van der Waals surface area contributed by atoms with Crippen molar-refractivity contribution < 1.29 is 34.5 Å². The summed E-state index contributed by atoms with van der Waals surface area (Å²) in [7, 11) is 0. The van der Waals surface area contributed by atoms with E-state index in [1.165, 1.54) is 27.7 Å². The number of aliphatic hydroxyl groups excluding tert-OH is 2. The molecule has 3 amide bonds. The molecule has 0 spiro atoms. The number of aliphatic carboxylic acids is 1. The van der Waals surface area contributed by atoms with E-state index in [1.54, 1.807) is 0 Å². The summed E-state index contributed by atoms with van der Waals surface area (Å²) in [5.41, 5.74) is 5.38. The first-order valence-corrected chi connectivity index (χ1v) is 7.64. The molecule has 0 aliphatic heterocycles. The maximum Gasteiger partial charge on any atom is 0.325 e. The summed E-state index contributed by atoms with van der Waals surface area (Å²) in [6.07, 6.45) is -2.66. The van der Waals surface area contributed by atoms with E-state index in [9.17, 15) is 29.4 Å². The minimum Gasteiger partial charge on any atom is -0.480 e. The van der Waals surface area contributed by atoms with Gasteiger partial charge in [0.25, 0.3) is 0 Å². The Hall–Kier alpha value is -2.24. The Morgan fingerprint density at radius 1 is 0.760 bits per heavy atom. The van der Waals surface area contributed by atoms with Gasteiger partial charge in [-0.15, -0.1) is 0 Å². The van der Waals surface area contributed by atoms with Crippen LogP contribution < -0.4 is 21.7 Å². The molecule has 0 aromatic carbocycles. The third-order valence-corrected chi connectivity index (χ3v) is 3.27. The summed E-state index contributed by atoms with van der Waals surface area (Å²) < 4.78 is 0. The first-order chi connectivity index (χ1) is 11.4. The number of carboxylic acid groups (broad SMARTS) is 1. The van der Waals surface area contributed by atoms with Crippen molar-refractivity contribution in [3.8, 4) is 0 Å². The van der Waals surface area contributed by atoms with E-state index in [0.29, 0.717) is 0 Å². The van der Waals surface area contributed by atoms with Crippen molar-refractivity contribution >= 4 is 23.7 Å². The molecule has 0 aliphatic rings. The van der Waals surface area contributed by atoms with Crippen LogP contribution in [0.25, 0.3) is 0 Å². The minimum absolute atomic E-state index is 0.696. The lowest BCUT2D eigenvalue weighted by atomic mass is 10.1. The van der Waals surface area contributed by atoms with Crippen molar-refractivity contribution in [2.45, 2.75) is 64.1 Å². The number of carboxylic acids is 1. The molecule has 0 aliphatic carbocycles. The first kappa shape index (κ1) is 22.8. The number of hydrogen-bond donors (Lipinski definition) is 7. The number of rotatable bonds is 9. The monoisotopic (exact) mass is 362 g/mol. The van der Waals surface area contributed by atoms with Gasteiger partial charge in [-0.2, -0.15) is 0 Å². The Bertz CT molecular complexity index is 507. The van der Waals surface area contributed by atoms with E-state index >= 15 is 0 Å². The van der Waals surface area contributed by atoms with E-state index < -0.39 is 60.1 Å². The van der Waals surface area contributed by atoms with Crippen molar-refractivity contribution in [1.82, 2.24) is 16.0 Å². The Kier molecular flexibility index (Phi) is 9.02. The molecule has 6 unspecified atom stereocenters. The molecule has 11 heteroatoms. The van der Waals surface area contributed by atoms with Crippen LogP contribution in [0.1, 0.15) is 27.7 Å². The SMILES string of the molecule is CC(N)C(=O)NC(C(=O)NC(C(=O)NC(C)C(=O)O)C(C)O)C(C)O. The molecule has 0 bridgehead atoms. The van der Waals surface area contributed by atoms with E-state index in [2.05, 4.69) is 16.0 Å². The van der Waals surface area contributed by atoms with E-state index in [-0.39, 0.29) is 0 Å². The number of nitrogens with one attached hydrogen (secondary N) is 3. The second-order valence-corrected chi connectivity index (χ2v) is 5.81. The minimum atomic E-state index is -1.48. The van der Waals surface area contributed by atoms with E-state index in [1.807, 2.05) is 0 Å². The zero-order chi connectivity index (χ0) is 19.9. The van der Waals surface area contributed by atoms with Gasteiger partial charge in [0.15, 0.2) is 0 Å². The highest BCUT2D eigenvalue weighted by atomic mass is 16.4. The van der Waals surface area contributed by atoms with Crippen LogP contribution in [0.4, 0.5) is 0 Å². The number of aliphatic hydroxyl groups is 2. The van der Waals surface area contributed by atoms with Crippen molar-refractivity contribution in [3.05, 3.63) is 0 Å². The summed E-state index contributed by atoms with van der Waals surface area (Å²) >= 11 is 0. The fourth-order valence-corrected chi connectivity index (χ4v) is 1.70.